The first kappa shape index (κ1) is 19.9. The van der Waals surface area contributed by atoms with E-state index in [1.54, 1.807) is 24.3 Å². The Morgan fingerprint density at radius 3 is 2.93 bits per heavy atom. The Hall–Kier alpha value is -3.42. The number of aromatic nitrogens is 2. The van der Waals surface area contributed by atoms with Crippen molar-refractivity contribution in [2.24, 2.45) is 0 Å². The molecule has 0 unspecified atom stereocenters. The number of carbonyl (C=O) groups is 2. The zero-order valence-electron chi connectivity index (χ0n) is 16.7. The number of hydrogen-bond donors (Lipinski definition) is 2. The summed E-state index contributed by atoms with van der Waals surface area (Å²) in [7, 11) is 1.49. The molecule has 8 heteroatoms. The van der Waals surface area contributed by atoms with Crippen molar-refractivity contribution in [2.75, 3.05) is 26.7 Å². The molecule has 156 valence electrons. The number of aromatic amines is 1. The molecule has 1 saturated heterocycles. The van der Waals surface area contributed by atoms with Crippen molar-refractivity contribution in [3.63, 3.8) is 0 Å². The number of hydrogen-bond acceptors (Lipinski definition) is 4. The Morgan fingerprint density at radius 1 is 1.33 bits per heavy atom. The quantitative estimate of drug-likeness (QED) is 0.586. The highest BCUT2D eigenvalue weighted by molar-refractivity contribution is 6.07. The zero-order valence-corrected chi connectivity index (χ0v) is 16.7. The predicted molar refractivity (Wildman–Crippen MR) is 111 cm³/mol. The van der Waals surface area contributed by atoms with E-state index in [4.69, 9.17) is 4.74 Å². The van der Waals surface area contributed by atoms with E-state index in [1.807, 2.05) is 4.90 Å². The van der Waals surface area contributed by atoms with Crippen LogP contribution in [0.4, 0.5) is 4.39 Å². The Morgan fingerprint density at radius 2 is 2.20 bits per heavy atom. The molecule has 1 fully saturated rings. The highest BCUT2D eigenvalue weighted by atomic mass is 19.1. The van der Waals surface area contributed by atoms with Crippen LogP contribution in [0, 0.1) is 5.82 Å². The predicted octanol–water partition coefficient (Wildman–Crippen LogP) is 3.12. The molecule has 0 radical (unpaired) electrons. The second-order valence-electron chi connectivity index (χ2n) is 7.25. The van der Waals surface area contributed by atoms with Gasteiger partial charge >= 0.3 is 0 Å². The third kappa shape index (κ3) is 3.85. The molecule has 2 heterocycles. The van der Waals surface area contributed by atoms with E-state index in [2.05, 4.69) is 15.5 Å². The molecule has 4 rings (SSSR count). The van der Waals surface area contributed by atoms with Crippen LogP contribution in [0.15, 0.2) is 36.4 Å². The number of rotatable bonds is 7. The zero-order chi connectivity index (χ0) is 21.1. The van der Waals surface area contributed by atoms with E-state index in [0.717, 1.165) is 13.0 Å². The van der Waals surface area contributed by atoms with Gasteiger partial charge in [0, 0.05) is 31.6 Å². The minimum Gasteiger partial charge on any atom is -0.495 e. The number of halogens is 1. The maximum atomic E-state index is 13.7. The van der Waals surface area contributed by atoms with Crippen molar-refractivity contribution >= 4 is 22.7 Å². The molecule has 0 spiro atoms. The molecule has 1 aromatic heterocycles. The van der Waals surface area contributed by atoms with Gasteiger partial charge in [-0.05, 0) is 37.1 Å². The van der Waals surface area contributed by atoms with Crippen molar-refractivity contribution in [3.05, 3.63) is 47.8 Å². The fourth-order valence-electron chi connectivity index (χ4n) is 3.83. The average molecular weight is 410 g/mol. The van der Waals surface area contributed by atoms with Gasteiger partial charge in [-0.15, -0.1) is 0 Å². The molecule has 0 bridgehead atoms. The van der Waals surface area contributed by atoms with Gasteiger partial charge in [0.2, 0.25) is 5.91 Å². The fraction of sp³-hybridized carbons (Fsp3) is 0.318. The number of nitrogens with zero attached hydrogens (tertiary/aromatic N) is 2. The Kier molecular flexibility index (Phi) is 5.65. The maximum Gasteiger partial charge on any atom is 0.255 e. The van der Waals surface area contributed by atoms with Crippen LogP contribution in [0.2, 0.25) is 0 Å². The summed E-state index contributed by atoms with van der Waals surface area (Å²) in [5, 5.41) is 10.7. The van der Waals surface area contributed by atoms with E-state index < -0.39 is 0 Å². The van der Waals surface area contributed by atoms with Crippen LogP contribution in [-0.4, -0.2) is 53.7 Å². The number of likely N-dealkylation sites (tertiary alicyclic amines) is 1. The summed E-state index contributed by atoms with van der Waals surface area (Å²) in [5.41, 5.74) is 2.17. The number of amides is 2. The van der Waals surface area contributed by atoms with Crippen LogP contribution >= 0.6 is 0 Å². The summed E-state index contributed by atoms with van der Waals surface area (Å²) < 4.78 is 19.3. The van der Waals surface area contributed by atoms with E-state index in [9.17, 15) is 14.0 Å². The molecule has 1 aliphatic rings. The number of nitrogens with one attached hydrogen (secondary N) is 2. The summed E-state index contributed by atoms with van der Waals surface area (Å²) >= 11 is 0. The number of H-pyrrole nitrogens is 1. The van der Waals surface area contributed by atoms with Crippen LogP contribution < -0.4 is 10.1 Å². The van der Waals surface area contributed by atoms with Gasteiger partial charge in [0.05, 0.1) is 23.6 Å². The number of fused-ring (bicyclic) bond motifs is 1. The summed E-state index contributed by atoms with van der Waals surface area (Å²) in [5.74, 6) is -0.0769. The molecule has 30 heavy (non-hydrogen) atoms. The number of ether oxygens (including phenoxy) is 1. The third-order valence-corrected chi connectivity index (χ3v) is 5.29. The first-order valence-corrected chi connectivity index (χ1v) is 9.95. The Balaban J connectivity index is 1.54. The first-order valence-electron chi connectivity index (χ1n) is 9.95. The monoisotopic (exact) mass is 410 g/mol. The van der Waals surface area contributed by atoms with Gasteiger partial charge in [0.25, 0.3) is 5.91 Å². The lowest BCUT2D eigenvalue weighted by Gasteiger charge is -2.15. The molecule has 2 aromatic carbocycles. The highest BCUT2D eigenvalue weighted by Gasteiger charge is 2.21. The molecular formula is C22H23FN4O3. The van der Waals surface area contributed by atoms with Gasteiger partial charge < -0.3 is 15.0 Å². The van der Waals surface area contributed by atoms with Crippen molar-refractivity contribution < 1.29 is 18.7 Å². The van der Waals surface area contributed by atoms with Crippen LogP contribution in [0.5, 0.6) is 5.75 Å². The smallest absolute Gasteiger partial charge is 0.255 e. The molecular weight excluding hydrogens is 387 g/mol. The summed E-state index contributed by atoms with van der Waals surface area (Å²) in [6.07, 6.45) is 2.20. The van der Waals surface area contributed by atoms with Gasteiger partial charge in [-0.25, -0.2) is 4.39 Å². The van der Waals surface area contributed by atoms with Gasteiger partial charge in [-0.2, -0.15) is 5.10 Å². The third-order valence-electron chi connectivity index (χ3n) is 5.29. The normalized spacial score (nSPS) is 13.8. The largest absolute Gasteiger partial charge is 0.495 e. The SMILES string of the molecule is COc1c(C(=O)NCCCN2CCCC2=O)ccc2[nH]nc(-c3cccc(F)c3)c12. The maximum absolute atomic E-state index is 13.7. The van der Waals surface area contributed by atoms with Gasteiger partial charge in [-0.1, -0.05) is 12.1 Å². The van der Waals surface area contributed by atoms with Gasteiger partial charge in [-0.3, -0.25) is 14.7 Å². The number of methoxy groups -OCH3 is 1. The lowest BCUT2D eigenvalue weighted by atomic mass is 10.0. The van der Waals surface area contributed by atoms with E-state index in [0.29, 0.717) is 59.4 Å². The van der Waals surface area contributed by atoms with Gasteiger partial charge in [0.1, 0.15) is 17.3 Å². The van der Waals surface area contributed by atoms with Crippen molar-refractivity contribution in [1.29, 1.82) is 0 Å². The standard InChI is InChI=1S/C22H23FN4O3/c1-30-21-16(22(29)24-10-4-12-27-11-3-7-18(27)28)8-9-17-19(21)20(26-25-17)14-5-2-6-15(23)13-14/h2,5-6,8-9,13H,3-4,7,10-12H2,1H3,(H,24,29)(H,25,26). The molecule has 2 N–H and O–H groups in total. The molecule has 0 aliphatic carbocycles. The molecule has 3 aromatic rings. The minimum absolute atomic E-state index is 0.179. The molecule has 0 atom stereocenters. The van der Waals surface area contributed by atoms with Crippen LogP contribution in [0.25, 0.3) is 22.2 Å². The molecule has 0 saturated carbocycles. The van der Waals surface area contributed by atoms with Crippen molar-refractivity contribution in [2.45, 2.75) is 19.3 Å². The summed E-state index contributed by atoms with van der Waals surface area (Å²) in [4.78, 5) is 26.3. The second-order valence-corrected chi connectivity index (χ2v) is 7.25. The Bertz CT molecular complexity index is 1100. The first-order chi connectivity index (χ1) is 14.6. The molecule has 1 aliphatic heterocycles. The summed E-state index contributed by atoms with van der Waals surface area (Å²) in [6, 6.07) is 9.55. The highest BCUT2D eigenvalue weighted by Crippen LogP contribution is 2.36. The van der Waals surface area contributed by atoms with Crippen LogP contribution in [-0.2, 0) is 4.79 Å². The van der Waals surface area contributed by atoms with Crippen LogP contribution in [0.3, 0.4) is 0 Å². The lowest BCUT2D eigenvalue weighted by Crippen LogP contribution is -2.30. The topological polar surface area (TPSA) is 87.3 Å². The van der Waals surface area contributed by atoms with Gasteiger partial charge in [0.15, 0.2) is 0 Å². The van der Waals surface area contributed by atoms with Crippen LogP contribution in [0.1, 0.15) is 29.6 Å². The average Bonchev–Trinajstić information content (AvgIpc) is 3.36. The van der Waals surface area contributed by atoms with E-state index >= 15 is 0 Å². The summed E-state index contributed by atoms with van der Waals surface area (Å²) in [6.45, 7) is 1.88. The van der Waals surface area contributed by atoms with E-state index in [1.165, 1.54) is 19.2 Å². The van der Waals surface area contributed by atoms with E-state index in [-0.39, 0.29) is 17.6 Å². The molecule has 2 amide bonds. The lowest BCUT2D eigenvalue weighted by molar-refractivity contribution is -0.127. The number of benzene rings is 2. The minimum atomic E-state index is -0.368. The fourth-order valence-corrected chi connectivity index (χ4v) is 3.83. The second kappa shape index (κ2) is 8.52. The van der Waals surface area contributed by atoms with Crippen molar-refractivity contribution in [3.8, 4) is 17.0 Å². The van der Waals surface area contributed by atoms with Crippen molar-refractivity contribution in [1.82, 2.24) is 20.4 Å². The molecule has 7 nitrogen and oxygen atoms in total. The Labute approximate surface area is 173 Å². The number of carbonyl (C=O) groups excluding carboxylic acids is 2.